The second-order valence-electron chi connectivity index (χ2n) is 8.08. The number of aromatic nitrogens is 2. The fourth-order valence-corrected chi connectivity index (χ4v) is 4.22. The number of nitrogens with zero attached hydrogens (tertiary/aromatic N) is 4. The number of carbonyl (C=O) groups excluding carboxylic acids is 1. The highest BCUT2D eigenvalue weighted by molar-refractivity contribution is 5.79. The molecule has 2 aliphatic heterocycles. The first kappa shape index (κ1) is 20.8. The lowest BCUT2D eigenvalue weighted by Crippen LogP contribution is -2.43. The Balaban J connectivity index is 1.41. The highest BCUT2D eigenvalue weighted by Gasteiger charge is 2.25. The van der Waals surface area contributed by atoms with Gasteiger partial charge in [-0.15, -0.1) is 0 Å². The minimum atomic E-state index is -0.0484. The lowest BCUT2D eigenvalue weighted by molar-refractivity contribution is -0.125. The number of nitrogens with one attached hydrogen (secondary N) is 1. The number of hydrogen-bond donors (Lipinski definition) is 1. The third-order valence-corrected chi connectivity index (χ3v) is 5.95. The van der Waals surface area contributed by atoms with E-state index in [0.29, 0.717) is 6.54 Å². The highest BCUT2D eigenvalue weighted by Crippen LogP contribution is 2.22. The lowest BCUT2D eigenvalue weighted by atomic mass is 9.95. The monoisotopic (exact) mass is 389 g/mol. The summed E-state index contributed by atoms with van der Waals surface area (Å²) in [7, 11) is 0. The molecule has 0 unspecified atom stereocenters. The number of amides is 1. The van der Waals surface area contributed by atoms with E-state index in [0.717, 1.165) is 51.1 Å². The maximum absolute atomic E-state index is 12.5. The minimum absolute atomic E-state index is 0.0484. The Morgan fingerprint density at radius 2 is 1.82 bits per heavy atom. The average molecular weight is 390 g/mol. The summed E-state index contributed by atoms with van der Waals surface area (Å²) < 4.78 is 1.51. The molecule has 2 saturated heterocycles. The molecule has 2 aliphatic rings. The Labute approximate surface area is 168 Å². The molecule has 1 aromatic heterocycles. The standard InChI is InChI=1S/C21H35N5O2/c1-2-10-26-20(27)16-19(17-23-26)25-13-7-18(8-14-25)21(28)22-9-15-24-11-5-3-4-6-12-24/h16-18H,2-15H2,1H3,(H,22,28). The molecule has 0 radical (unpaired) electrons. The van der Waals surface area contributed by atoms with Crippen LogP contribution < -0.4 is 15.8 Å². The van der Waals surface area contributed by atoms with Gasteiger partial charge in [-0.3, -0.25) is 9.59 Å². The van der Waals surface area contributed by atoms with Gasteiger partial charge < -0.3 is 15.1 Å². The maximum atomic E-state index is 12.5. The van der Waals surface area contributed by atoms with Crippen molar-refractivity contribution in [2.75, 3.05) is 44.2 Å². The van der Waals surface area contributed by atoms with Gasteiger partial charge in [-0.2, -0.15) is 5.10 Å². The van der Waals surface area contributed by atoms with E-state index in [1.54, 1.807) is 12.3 Å². The van der Waals surface area contributed by atoms with Gasteiger partial charge in [-0.1, -0.05) is 19.8 Å². The summed E-state index contributed by atoms with van der Waals surface area (Å²) >= 11 is 0. The van der Waals surface area contributed by atoms with Crippen LogP contribution in [0.2, 0.25) is 0 Å². The van der Waals surface area contributed by atoms with Gasteiger partial charge in [0.1, 0.15) is 0 Å². The van der Waals surface area contributed by atoms with Crippen molar-refractivity contribution in [3.8, 4) is 0 Å². The largest absolute Gasteiger partial charge is 0.370 e. The number of rotatable bonds is 7. The highest BCUT2D eigenvalue weighted by atomic mass is 16.2. The minimum Gasteiger partial charge on any atom is -0.370 e. The zero-order valence-corrected chi connectivity index (χ0v) is 17.2. The number of hydrogen-bond acceptors (Lipinski definition) is 5. The van der Waals surface area contributed by atoms with E-state index in [2.05, 4.69) is 20.2 Å². The number of aryl methyl sites for hydroxylation is 1. The van der Waals surface area contributed by atoms with Gasteiger partial charge in [0.25, 0.3) is 5.56 Å². The molecular weight excluding hydrogens is 354 g/mol. The topological polar surface area (TPSA) is 70.5 Å². The molecule has 0 bridgehead atoms. The number of likely N-dealkylation sites (tertiary alicyclic amines) is 1. The Morgan fingerprint density at radius 3 is 2.46 bits per heavy atom. The average Bonchev–Trinajstić information content (AvgIpc) is 2.98. The Morgan fingerprint density at radius 1 is 1.11 bits per heavy atom. The molecule has 0 saturated carbocycles. The van der Waals surface area contributed by atoms with Crippen molar-refractivity contribution in [2.24, 2.45) is 5.92 Å². The van der Waals surface area contributed by atoms with Gasteiger partial charge in [0.2, 0.25) is 5.91 Å². The predicted octanol–water partition coefficient (Wildman–Crippen LogP) is 1.86. The number of anilines is 1. The molecule has 0 atom stereocenters. The van der Waals surface area contributed by atoms with Crippen LogP contribution >= 0.6 is 0 Å². The van der Waals surface area contributed by atoms with Crippen LogP contribution in [0.15, 0.2) is 17.1 Å². The molecule has 3 heterocycles. The molecule has 2 fully saturated rings. The van der Waals surface area contributed by atoms with Crippen LogP contribution in [0.5, 0.6) is 0 Å². The first-order valence-electron chi connectivity index (χ1n) is 11.0. The Kier molecular flexibility index (Phi) is 7.89. The summed E-state index contributed by atoms with van der Waals surface area (Å²) in [6, 6.07) is 1.67. The Bertz CT molecular complexity index is 674. The van der Waals surface area contributed by atoms with Gasteiger partial charge in [0.05, 0.1) is 11.9 Å². The van der Waals surface area contributed by atoms with E-state index in [-0.39, 0.29) is 17.4 Å². The SMILES string of the molecule is CCCn1ncc(N2CCC(C(=O)NCCN3CCCCCC3)CC2)cc1=O. The van der Waals surface area contributed by atoms with Crippen molar-refractivity contribution in [3.63, 3.8) is 0 Å². The first-order valence-corrected chi connectivity index (χ1v) is 11.0. The van der Waals surface area contributed by atoms with Crippen molar-refractivity contribution >= 4 is 11.6 Å². The molecule has 1 N–H and O–H groups in total. The van der Waals surface area contributed by atoms with E-state index in [9.17, 15) is 9.59 Å². The number of piperidine rings is 1. The lowest BCUT2D eigenvalue weighted by Gasteiger charge is -2.32. The van der Waals surface area contributed by atoms with Crippen LogP contribution in [0, 0.1) is 5.92 Å². The third-order valence-electron chi connectivity index (χ3n) is 5.95. The van der Waals surface area contributed by atoms with Crippen molar-refractivity contribution in [3.05, 3.63) is 22.6 Å². The molecule has 1 aromatic rings. The first-order chi connectivity index (χ1) is 13.7. The van der Waals surface area contributed by atoms with E-state index in [1.807, 2.05) is 6.92 Å². The van der Waals surface area contributed by atoms with E-state index >= 15 is 0 Å². The summed E-state index contributed by atoms with van der Waals surface area (Å²) in [6.45, 7) is 8.32. The molecule has 156 valence electrons. The summed E-state index contributed by atoms with van der Waals surface area (Å²) in [5.41, 5.74) is 0.824. The van der Waals surface area contributed by atoms with Crippen molar-refractivity contribution < 1.29 is 4.79 Å². The van der Waals surface area contributed by atoms with Gasteiger partial charge >= 0.3 is 0 Å². The van der Waals surface area contributed by atoms with Crippen LogP contribution in [-0.2, 0) is 11.3 Å². The van der Waals surface area contributed by atoms with Crippen LogP contribution in [0.3, 0.4) is 0 Å². The maximum Gasteiger partial charge on any atom is 0.268 e. The molecule has 7 nitrogen and oxygen atoms in total. The second kappa shape index (κ2) is 10.6. The van der Waals surface area contributed by atoms with Crippen LogP contribution in [-0.4, -0.2) is 59.9 Å². The van der Waals surface area contributed by atoms with Crippen LogP contribution in [0.25, 0.3) is 0 Å². The molecule has 0 spiro atoms. The van der Waals surface area contributed by atoms with Crippen LogP contribution in [0.4, 0.5) is 5.69 Å². The van der Waals surface area contributed by atoms with E-state index < -0.39 is 0 Å². The van der Waals surface area contributed by atoms with E-state index in [1.165, 1.54) is 43.5 Å². The van der Waals surface area contributed by atoms with E-state index in [4.69, 9.17) is 0 Å². The fraction of sp³-hybridized carbons (Fsp3) is 0.762. The van der Waals surface area contributed by atoms with Gasteiger partial charge in [-0.05, 0) is 45.2 Å². The van der Waals surface area contributed by atoms with Gasteiger partial charge in [-0.25, -0.2) is 4.68 Å². The molecular formula is C21H35N5O2. The van der Waals surface area contributed by atoms with Gasteiger partial charge in [0, 0.05) is 44.7 Å². The molecule has 0 aliphatic carbocycles. The normalized spacial score (nSPS) is 19.4. The van der Waals surface area contributed by atoms with Crippen molar-refractivity contribution in [2.45, 2.75) is 58.4 Å². The molecule has 0 aromatic carbocycles. The molecule has 3 rings (SSSR count). The third kappa shape index (κ3) is 5.80. The number of carbonyl (C=O) groups is 1. The summed E-state index contributed by atoms with van der Waals surface area (Å²) in [5, 5.41) is 7.41. The fourth-order valence-electron chi connectivity index (χ4n) is 4.22. The molecule has 1 amide bonds. The Hall–Kier alpha value is -1.89. The molecule has 28 heavy (non-hydrogen) atoms. The molecule has 7 heteroatoms. The van der Waals surface area contributed by atoms with Crippen LogP contribution in [0.1, 0.15) is 51.9 Å². The quantitative estimate of drug-likeness (QED) is 0.771. The summed E-state index contributed by atoms with van der Waals surface area (Å²) in [6.07, 6.45) is 9.56. The zero-order valence-electron chi connectivity index (χ0n) is 17.2. The van der Waals surface area contributed by atoms with Gasteiger partial charge in [0.15, 0.2) is 0 Å². The zero-order chi connectivity index (χ0) is 19.8. The van der Waals surface area contributed by atoms with Crippen molar-refractivity contribution in [1.29, 1.82) is 0 Å². The predicted molar refractivity (Wildman–Crippen MR) is 112 cm³/mol. The van der Waals surface area contributed by atoms with Crippen molar-refractivity contribution in [1.82, 2.24) is 20.0 Å². The smallest absolute Gasteiger partial charge is 0.268 e. The summed E-state index contributed by atoms with van der Waals surface area (Å²) in [5.74, 6) is 0.264. The second-order valence-corrected chi connectivity index (χ2v) is 8.08. The summed E-state index contributed by atoms with van der Waals surface area (Å²) in [4.78, 5) is 29.3.